The minimum atomic E-state index is -0.279. The number of nitrogens with one attached hydrogen (secondary N) is 1. The number of carbonyl (C=O) groups is 1. The summed E-state index contributed by atoms with van der Waals surface area (Å²) in [5.41, 5.74) is 2.36. The van der Waals surface area contributed by atoms with E-state index in [0.717, 1.165) is 11.1 Å². The van der Waals surface area contributed by atoms with Crippen LogP contribution in [0.4, 0.5) is 0 Å². The van der Waals surface area contributed by atoms with Crippen LogP contribution in [0.25, 0.3) is 0 Å². The van der Waals surface area contributed by atoms with Gasteiger partial charge < -0.3 is 24.3 Å². The summed E-state index contributed by atoms with van der Waals surface area (Å²) in [6.07, 6.45) is 0. The molecule has 0 saturated carbocycles. The molecule has 0 aliphatic rings. The number of nitrogens with zero attached hydrogens (tertiary/aromatic N) is 1. The molecule has 2 rings (SSSR count). The van der Waals surface area contributed by atoms with Crippen molar-refractivity contribution in [3.05, 3.63) is 47.0 Å². The molecule has 2 aromatic carbocycles. The number of hydrogen-bond donors (Lipinski definition) is 1. The highest BCUT2D eigenvalue weighted by molar-refractivity contribution is 5.78. The van der Waals surface area contributed by atoms with E-state index in [9.17, 15) is 4.79 Å². The molecule has 2 aromatic rings. The summed E-state index contributed by atoms with van der Waals surface area (Å²) in [7, 11) is 3.15. The molecule has 7 heteroatoms. The van der Waals surface area contributed by atoms with Gasteiger partial charge in [-0.05, 0) is 56.2 Å². The van der Waals surface area contributed by atoms with Gasteiger partial charge in [0.05, 0.1) is 38.5 Å². The van der Waals surface area contributed by atoms with Crippen LogP contribution in [0.5, 0.6) is 23.0 Å². The van der Waals surface area contributed by atoms with Crippen molar-refractivity contribution in [1.29, 1.82) is 5.26 Å². The second-order valence-corrected chi connectivity index (χ2v) is 6.35. The van der Waals surface area contributed by atoms with Gasteiger partial charge in [-0.1, -0.05) is 0 Å². The van der Waals surface area contributed by atoms with Crippen LogP contribution in [0.2, 0.25) is 0 Å². The molecule has 154 valence electrons. The molecule has 1 amide bonds. The Bertz CT molecular complexity index is 905. The maximum atomic E-state index is 12.4. The Morgan fingerprint density at radius 3 is 2.38 bits per heavy atom. The predicted molar refractivity (Wildman–Crippen MR) is 109 cm³/mol. The summed E-state index contributed by atoms with van der Waals surface area (Å²) in [5, 5.41) is 11.9. The SMILES string of the molecule is CCOc1cc(C#N)ccc1OCC(=O)NC(C)c1cc(OC)c(OC)cc1C. The highest BCUT2D eigenvalue weighted by Crippen LogP contribution is 2.33. The van der Waals surface area contributed by atoms with Gasteiger partial charge in [0.25, 0.3) is 5.91 Å². The molecule has 0 aromatic heterocycles. The van der Waals surface area contributed by atoms with Gasteiger partial charge in [0, 0.05) is 6.07 Å². The second-order valence-electron chi connectivity index (χ2n) is 6.35. The lowest BCUT2D eigenvalue weighted by Gasteiger charge is -2.19. The Hall–Kier alpha value is -3.40. The second kappa shape index (κ2) is 10.2. The molecule has 1 atom stereocenters. The first-order chi connectivity index (χ1) is 13.9. The summed E-state index contributed by atoms with van der Waals surface area (Å²) >= 11 is 0. The summed E-state index contributed by atoms with van der Waals surface area (Å²) < 4.78 is 21.8. The van der Waals surface area contributed by atoms with Crippen molar-refractivity contribution < 1.29 is 23.7 Å². The Labute approximate surface area is 171 Å². The highest BCUT2D eigenvalue weighted by Gasteiger charge is 2.17. The van der Waals surface area contributed by atoms with Crippen molar-refractivity contribution in [2.45, 2.75) is 26.8 Å². The van der Waals surface area contributed by atoms with Crippen molar-refractivity contribution in [1.82, 2.24) is 5.32 Å². The van der Waals surface area contributed by atoms with Gasteiger partial charge in [-0.2, -0.15) is 5.26 Å². The zero-order valence-corrected chi connectivity index (χ0v) is 17.4. The molecule has 0 saturated heterocycles. The number of hydrogen-bond acceptors (Lipinski definition) is 6. The fourth-order valence-electron chi connectivity index (χ4n) is 2.93. The van der Waals surface area contributed by atoms with E-state index in [1.165, 1.54) is 0 Å². The van der Waals surface area contributed by atoms with E-state index in [1.807, 2.05) is 32.9 Å². The lowest BCUT2D eigenvalue weighted by atomic mass is 10.0. The first-order valence-electron chi connectivity index (χ1n) is 9.25. The minimum Gasteiger partial charge on any atom is -0.493 e. The standard InChI is InChI=1S/C22H26N2O5/c1-6-28-21-10-16(12-23)7-8-18(21)29-13-22(25)24-15(3)17-11-20(27-5)19(26-4)9-14(17)2/h7-11,15H,6,13H2,1-5H3,(H,24,25). The summed E-state index contributed by atoms with van der Waals surface area (Å²) in [6, 6.07) is 10.4. The normalized spacial score (nSPS) is 11.2. The molecular weight excluding hydrogens is 372 g/mol. The molecule has 0 aliphatic carbocycles. The molecule has 0 fully saturated rings. The fourth-order valence-corrected chi connectivity index (χ4v) is 2.93. The van der Waals surface area contributed by atoms with E-state index in [1.54, 1.807) is 32.4 Å². The molecule has 0 bridgehead atoms. The third kappa shape index (κ3) is 5.55. The minimum absolute atomic E-state index is 0.178. The maximum Gasteiger partial charge on any atom is 0.258 e. The van der Waals surface area contributed by atoms with E-state index in [-0.39, 0.29) is 18.6 Å². The summed E-state index contributed by atoms with van der Waals surface area (Å²) in [6.45, 7) is 5.92. The number of nitriles is 1. The van der Waals surface area contributed by atoms with Gasteiger partial charge in [0.1, 0.15) is 0 Å². The molecule has 1 N–H and O–H groups in total. The van der Waals surface area contributed by atoms with Gasteiger partial charge in [-0.25, -0.2) is 0 Å². The lowest BCUT2D eigenvalue weighted by molar-refractivity contribution is -0.123. The van der Waals surface area contributed by atoms with Crippen LogP contribution in [0, 0.1) is 18.3 Å². The summed E-state index contributed by atoms with van der Waals surface area (Å²) in [5.74, 6) is 1.81. The third-order valence-electron chi connectivity index (χ3n) is 4.35. The van der Waals surface area contributed by atoms with Crippen molar-refractivity contribution in [2.24, 2.45) is 0 Å². The van der Waals surface area contributed by atoms with E-state index in [0.29, 0.717) is 35.2 Å². The molecule has 0 radical (unpaired) electrons. The zero-order valence-electron chi connectivity index (χ0n) is 17.4. The van der Waals surface area contributed by atoms with Gasteiger partial charge in [-0.3, -0.25) is 4.79 Å². The van der Waals surface area contributed by atoms with Crippen molar-refractivity contribution >= 4 is 5.91 Å². The Balaban J connectivity index is 2.06. The van der Waals surface area contributed by atoms with Crippen molar-refractivity contribution in [2.75, 3.05) is 27.4 Å². The van der Waals surface area contributed by atoms with Gasteiger partial charge in [-0.15, -0.1) is 0 Å². The number of ether oxygens (including phenoxy) is 4. The average Bonchev–Trinajstić information content (AvgIpc) is 2.72. The van der Waals surface area contributed by atoms with Crippen molar-refractivity contribution in [3.63, 3.8) is 0 Å². The van der Waals surface area contributed by atoms with Crippen LogP contribution in [0.15, 0.2) is 30.3 Å². The smallest absolute Gasteiger partial charge is 0.258 e. The van der Waals surface area contributed by atoms with Crippen molar-refractivity contribution in [3.8, 4) is 29.1 Å². The van der Waals surface area contributed by atoms with E-state index in [4.69, 9.17) is 24.2 Å². The fraction of sp³-hybridized carbons (Fsp3) is 0.364. The predicted octanol–water partition coefficient (Wildman–Crippen LogP) is 3.54. The van der Waals surface area contributed by atoms with Crippen LogP contribution in [0.1, 0.15) is 36.6 Å². The van der Waals surface area contributed by atoms with Gasteiger partial charge >= 0.3 is 0 Å². The Morgan fingerprint density at radius 1 is 1.07 bits per heavy atom. The highest BCUT2D eigenvalue weighted by atomic mass is 16.5. The average molecular weight is 398 g/mol. The third-order valence-corrected chi connectivity index (χ3v) is 4.35. The molecular formula is C22H26N2O5. The Morgan fingerprint density at radius 2 is 1.76 bits per heavy atom. The van der Waals surface area contributed by atoms with Gasteiger partial charge in [0.2, 0.25) is 0 Å². The first kappa shape index (κ1) is 21.9. The molecule has 0 aliphatic heterocycles. The van der Waals surface area contributed by atoms with Crippen LogP contribution in [-0.2, 0) is 4.79 Å². The van der Waals surface area contributed by atoms with Crippen LogP contribution in [-0.4, -0.2) is 33.3 Å². The molecule has 0 spiro atoms. The number of amides is 1. The van der Waals surface area contributed by atoms with Crippen LogP contribution in [0.3, 0.4) is 0 Å². The monoisotopic (exact) mass is 398 g/mol. The molecule has 1 unspecified atom stereocenters. The van der Waals surface area contributed by atoms with Crippen LogP contribution < -0.4 is 24.3 Å². The maximum absolute atomic E-state index is 12.4. The number of benzene rings is 2. The lowest BCUT2D eigenvalue weighted by Crippen LogP contribution is -2.31. The summed E-state index contributed by atoms with van der Waals surface area (Å²) in [4.78, 5) is 12.4. The number of aryl methyl sites for hydroxylation is 1. The number of methoxy groups -OCH3 is 2. The van der Waals surface area contributed by atoms with Gasteiger partial charge in [0.15, 0.2) is 29.6 Å². The number of rotatable bonds is 9. The largest absolute Gasteiger partial charge is 0.493 e. The van der Waals surface area contributed by atoms with E-state index >= 15 is 0 Å². The number of carbonyl (C=O) groups excluding carboxylic acids is 1. The quantitative estimate of drug-likeness (QED) is 0.695. The first-order valence-corrected chi connectivity index (χ1v) is 9.25. The Kier molecular flexibility index (Phi) is 7.72. The van der Waals surface area contributed by atoms with Crippen LogP contribution >= 0.6 is 0 Å². The van der Waals surface area contributed by atoms with E-state index in [2.05, 4.69) is 11.4 Å². The molecule has 7 nitrogen and oxygen atoms in total. The zero-order chi connectivity index (χ0) is 21.4. The topological polar surface area (TPSA) is 89.8 Å². The molecule has 29 heavy (non-hydrogen) atoms. The molecule has 0 heterocycles. The van der Waals surface area contributed by atoms with E-state index < -0.39 is 0 Å².